The number of ketones is 1. The highest BCUT2D eigenvalue weighted by atomic mass is 32.1. The van der Waals surface area contributed by atoms with Crippen LogP contribution in [0.5, 0.6) is 0 Å². The Labute approximate surface area is 160 Å². The molecule has 2 aromatic heterocycles. The predicted octanol–water partition coefficient (Wildman–Crippen LogP) is 5.17. The Hall–Kier alpha value is -3.18. The van der Waals surface area contributed by atoms with Crippen LogP contribution in [0.1, 0.15) is 32.5 Å². The van der Waals surface area contributed by atoms with E-state index in [0.29, 0.717) is 16.0 Å². The van der Waals surface area contributed by atoms with Gasteiger partial charge in [-0.3, -0.25) is 9.59 Å². The molecule has 0 aliphatic carbocycles. The first-order valence-electron chi connectivity index (χ1n) is 8.58. The van der Waals surface area contributed by atoms with Gasteiger partial charge in [-0.1, -0.05) is 35.9 Å². The molecule has 0 spiro atoms. The van der Waals surface area contributed by atoms with Crippen LogP contribution in [0.15, 0.2) is 54.6 Å². The smallest absolute Gasteiger partial charge is 0.250 e. The average Bonchev–Trinajstić information content (AvgIpc) is 3.29. The minimum atomic E-state index is -0.473. The number of hydrogen-bond acceptors (Lipinski definition) is 3. The van der Waals surface area contributed by atoms with Crippen LogP contribution in [0.2, 0.25) is 0 Å². The van der Waals surface area contributed by atoms with E-state index in [1.807, 2.05) is 43.3 Å². The number of rotatable bonds is 4. The third-order valence-corrected chi connectivity index (χ3v) is 5.86. The molecule has 5 heteroatoms. The molecule has 2 aromatic carbocycles. The fourth-order valence-corrected chi connectivity index (χ4v) is 4.14. The average molecular weight is 374 g/mol. The Morgan fingerprint density at radius 3 is 2.37 bits per heavy atom. The van der Waals surface area contributed by atoms with E-state index in [-0.39, 0.29) is 5.78 Å². The van der Waals surface area contributed by atoms with Gasteiger partial charge < -0.3 is 10.7 Å². The van der Waals surface area contributed by atoms with Crippen molar-refractivity contribution in [3.63, 3.8) is 0 Å². The molecule has 0 aliphatic rings. The number of primary amides is 1. The van der Waals surface area contributed by atoms with E-state index in [9.17, 15) is 9.59 Å². The summed E-state index contributed by atoms with van der Waals surface area (Å²) in [7, 11) is 0. The number of aromatic nitrogens is 1. The molecule has 0 atom stereocenters. The Morgan fingerprint density at radius 1 is 1.00 bits per heavy atom. The summed E-state index contributed by atoms with van der Waals surface area (Å²) in [5.41, 5.74) is 10.9. The highest BCUT2D eigenvalue weighted by Crippen LogP contribution is 2.37. The van der Waals surface area contributed by atoms with Crippen molar-refractivity contribution < 1.29 is 9.59 Å². The van der Waals surface area contributed by atoms with Crippen LogP contribution >= 0.6 is 11.3 Å². The summed E-state index contributed by atoms with van der Waals surface area (Å²) in [6.45, 7) is 3.61. The van der Waals surface area contributed by atoms with Crippen LogP contribution in [-0.4, -0.2) is 16.7 Å². The van der Waals surface area contributed by atoms with Crippen LogP contribution in [0.3, 0.4) is 0 Å². The van der Waals surface area contributed by atoms with Crippen LogP contribution in [0.4, 0.5) is 0 Å². The molecular weight excluding hydrogens is 356 g/mol. The highest BCUT2D eigenvalue weighted by molar-refractivity contribution is 7.17. The number of aryl methyl sites for hydroxylation is 1. The van der Waals surface area contributed by atoms with E-state index in [0.717, 1.165) is 27.1 Å². The van der Waals surface area contributed by atoms with E-state index in [1.54, 1.807) is 13.0 Å². The number of nitrogens with one attached hydrogen (secondary N) is 1. The van der Waals surface area contributed by atoms with Crippen molar-refractivity contribution in [3.8, 4) is 21.7 Å². The van der Waals surface area contributed by atoms with Crippen molar-refractivity contribution in [3.05, 3.63) is 70.6 Å². The van der Waals surface area contributed by atoms with Gasteiger partial charge in [-0.2, -0.15) is 0 Å². The maximum Gasteiger partial charge on any atom is 0.250 e. The molecule has 4 rings (SSSR count). The number of thiophene rings is 1. The summed E-state index contributed by atoms with van der Waals surface area (Å²) in [6.07, 6.45) is 0. The lowest BCUT2D eigenvalue weighted by molar-refractivity contribution is 0.0998. The largest absolute Gasteiger partial charge is 0.366 e. The number of Topliss-reactive ketones (excluding diaryl/α,β-unsaturated/α-hetero) is 1. The lowest BCUT2D eigenvalue weighted by atomic mass is 10.0. The number of H-pyrrole nitrogens is 1. The fourth-order valence-electron chi connectivity index (χ4n) is 3.20. The molecule has 0 saturated heterocycles. The molecule has 0 bridgehead atoms. The second-order valence-electron chi connectivity index (χ2n) is 6.58. The summed E-state index contributed by atoms with van der Waals surface area (Å²) in [4.78, 5) is 28.6. The summed E-state index contributed by atoms with van der Waals surface area (Å²) < 4.78 is 0. The highest BCUT2D eigenvalue weighted by Gasteiger charge is 2.16. The monoisotopic (exact) mass is 374 g/mol. The second-order valence-corrected chi connectivity index (χ2v) is 7.67. The second kappa shape index (κ2) is 6.52. The van der Waals surface area contributed by atoms with E-state index < -0.39 is 5.91 Å². The first-order chi connectivity index (χ1) is 12.9. The third kappa shape index (κ3) is 3.06. The maximum absolute atomic E-state index is 11.9. The number of nitrogens with two attached hydrogens (primary N) is 1. The van der Waals surface area contributed by atoms with Crippen LogP contribution < -0.4 is 5.73 Å². The van der Waals surface area contributed by atoms with Gasteiger partial charge in [0.15, 0.2) is 5.78 Å². The number of hydrogen-bond donors (Lipinski definition) is 2. The lowest BCUT2D eigenvalue weighted by Crippen LogP contribution is -2.11. The van der Waals surface area contributed by atoms with Gasteiger partial charge in [0.2, 0.25) is 0 Å². The molecular formula is C22H18N2O2S. The van der Waals surface area contributed by atoms with Gasteiger partial charge in [-0.05, 0) is 43.7 Å². The molecule has 0 unspecified atom stereocenters. The molecule has 0 radical (unpaired) electrons. The van der Waals surface area contributed by atoms with Gasteiger partial charge in [0.1, 0.15) is 0 Å². The molecule has 1 amide bonds. The molecule has 0 aliphatic heterocycles. The number of amides is 1. The molecule has 0 fully saturated rings. The van der Waals surface area contributed by atoms with Crippen LogP contribution in [0.25, 0.3) is 32.6 Å². The first-order valence-corrected chi connectivity index (χ1v) is 9.39. The minimum Gasteiger partial charge on any atom is -0.366 e. The van der Waals surface area contributed by atoms with Gasteiger partial charge in [-0.15, -0.1) is 11.3 Å². The molecule has 2 heterocycles. The molecule has 3 N–H and O–H groups in total. The number of fused-ring (bicyclic) bond motifs is 1. The zero-order valence-electron chi connectivity index (χ0n) is 15.0. The fraction of sp³-hybridized carbons (Fsp3) is 0.0909. The van der Waals surface area contributed by atoms with E-state index in [2.05, 4.69) is 17.1 Å². The molecule has 4 nitrogen and oxygen atoms in total. The van der Waals surface area contributed by atoms with E-state index >= 15 is 0 Å². The van der Waals surface area contributed by atoms with Crippen LogP contribution in [0, 0.1) is 6.92 Å². The summed E-state index contributed by atoms with van der Waals surface area (Å²) in [5.74, 6) is -0.426. The normalized spacial score (nSPS) is 11.0. The maximum atomic E-state index is 11.9. The van der Waals surface area contributed by atoms with Gasteiger partial charge >= 0.3 is 0 Å². The van der Waals surface area contributed by atoms with Crippen molar-refractivity contribution >= 4 is 33.9 Å². The van der Waals surface area contributed by atoms with Gasteiger partial charge in [0.25, 0.3) is 5.91 Å². The van der Waals surface area contributed by atoms with E-state index in [1.165, 1.54) is 16.9 Å². The van der Waals surface area contributed by atoms with Gasteiger partial charge in [0.05, 0.1) is 16.0 Å². The summed E-state index contributed by atoms with van der Waals surface area (Å²) in [6, 6.07) is 17.6. The van der Waals surface area contributed by atoms with Gasteiger partial charge in [0, 0.05) is 21.5 Å². The van der Waals surface area contributed by atoms with Crippen molar-refractivity contribution in [1.29, 1.82) is 0 Å². The minimum absolute atomic E-state index is 0.0469. The number of aromatic amines is 1. The topological polar surface area (TPSA) is 76.0 Å². The summed E-state index contributed by atoms with van der Waals surface area (Å²) in [5, 5.41) is 0.916. The summed E-state index contributed by atoms with van der Waals surface area (Å²) >= 11 is 1.45. The predicted molar refractivity (Wildman–Crippen MR) is 110 cm³/mol. The zero-order valence-corrected chi connectivity index (χ0v) is 15.8. The van der Waals surface area contributed by atoms with Gasteiger partial charge in [-0.25, -0.2) is 0 Å². The van der Waals surface area contributed by atoms with Crippen molar-refractivity contribution in [2.45, 2.75) is 13.8 Å². The standard InChI is InChI=1S/C22H18N2O2S/c1-12-3-5-14(6-4-12)18-11-17-15(20-10-9-19(27-20)13(2)25)7-8-16(22(23)26)21(17)24-18/h3-11,24H,1-2H3,(H2,23,26). The number of carbonyl (C=O) groups is 2. The molecule has 27 heavy (non-hydrogen) atoms. The lowest BCUT2D eigenvalue weighted by Gasteiger charge is -2.04. The first kappa shape index (κ1) is 17.2. The molecule has 134 valence electrons. The SMILES string of the molecule is CC(=O)c1ccc(-c2ccc(C(N)=O)c3[nH]c(-c4ccc(C)cc4)cc23)s1. The Bertz CT molecular complexity index is 1180. The number of benzene rings is 2. The Morgan fingerprint density at radius 2 is 1.74 bits per heavy atom. The van der Waals surface area contributed by atoms with Crippen LogP contribution in [-0.2, 0) is 0 Å². The Balaban J connectivity index is 1.94. The zero-order chi connectivity index (χ0) is 19.1. The molecule has 0 saturated carbocycles. The number of carbonyl (C=O) groups excluding carboxylic acids is 2. The van der Waals surface area contributed by atoms with Crippen molar-refractivity contribution in [2.75, 3.05) is 0 Å². The quantitative estimate of drug-likeness (QED) is 0.483. The van der Waals surface area contributed by atoms with Crippen molar-refractivity contribution in [1.82, 2.24) is 4.98 Å². The van der Waals surface area contributed by atoms with E-state index in [4.69, 9.17) is 5.73 Å². The van der Waals surface area contributed by atoms with Crippen molar-refractivity contribution in [2.24, 2.45) is 5.73 Å². The third-order valence-electron chi connectivity index (χ3n) is 4.64. The Kier molecular flexibility index (Phi) is 4.16. The molecule has 4 aromatic rings.